The third-order valence-corrected chi connectivity index (χ3v) is 5.09. The molecule has 1 aromatic heterocycles. The molecule has 0 bridgehead atoms. The largest absolute Gasteiger partial charge is 0.494 e. The smallest absolute Gasteiger partial charge is 0.444 e. The van der Waals surface area contributed by atoms with Crippen LogP contribution in [0.4, 0.5) is 4.79 Å². The monoisotopic (exact) mass is 362 g/mol. The number of amides is 1. The van der Waals surface area contributed by atoms with Gasteiger partial charge >= 0.3 is 13.2 Å². The molecule has 7 nitrogen and oxygen atoms in total. The van der Waals surface area contributed by atoms with Gasteiger partial charge in [-0.2, -0.15) is 0 Å². The molecule has 1 fully saturated rings. The Hall–Kier alpha value is -1.80. The molecule has 2 heterocycles. The van der Waals surface area contributed by atoms with E-state index in [0.29, 0.717) is 32.0 Å². The third kappa shape index (κ3) is 3.96. The van der Waals surface area contributed by atoms with Crippen LogP contribution in [-0.4, -0.2) is 44.9 Å². The maximum atomic E-state index is 12.7. The van der Waals surface area contributed by atoms with Crippen molar-refractivity contribution in [1.82, 2.24) is 9.47 Å². The van der Waals surface area contributed by atoms with Gasteiger partial charge in [0.05, 0.1) is 6.54 Å². The quantitative estimate of drug-likeness (QED) is 0.770. The summed E-state index contributed by atoms with van der Waals surface area (Å²) in [5.41, 5.74) is 0.730. The van der Waals surface area contributed by atoms with Crippen LogP contribution in [0.5, 0.6) is 0 Å². The van der Waals surface area contributed by atoms with Gasteiger partial charge < -0.3 is 24.3 Å². The Morgan fingerprint density at radius 1 is 1.35 bits per heavy atom. The van der Waals surface area contributed by atoms with Crippen LogP contribution in [0.1, 0.15) is 51.3 Å². The summed E-state index contributed by atoms with van der Waals surface area (Å²) < 4.78 is 7.13. The molecule has 26 heavy (non-hydrogen) atoms. The van der Waals surface area contributed by atoms with Gasteiger partial charge in [0.15, 0.2) is 0 Å². The van der Waals surface area contributed by atoms with Crippen LogP contribution in [0.3, 0.4) is 0 Å². The molecule has 2 aliphatic rings. The summed E-state index contributed by atoms with van der Waals surface area (Å²) in [6.45, 7) is 6.84. The first-order valence-electron chi connectivity index (χ1n) is 9.25. The molecule has 8 heteroatoms. The number of pyridine rings is 1. The van der Waals surface area contributed by atoms with Crippen LogP contribution in [0.2, 0.25) is 0 Å². The van der Waals surface area contributed by atoms with Crippen molar-refractivity contribution in [1.29, 1.82) is 0 Å². The van der Waals surface area contributed by atoms with Crippen molar-refractivity contribution in [2.75, 3.05) is 6.54 Å². The van der Waals surface area contributed by atoms with E-state index in [0.717, 1.165) is 24.1 Å². The molecule has 142 valence electrons. The number of carbonyl (C=O) groups excluding carboxylic acids is 1. The van der Waals surface area contributed by atoms with Gasteiger partial charge in [-0.05, 0) is 45.1 Å². The van der Waals surface area contributed by atoms with E-state index in [4.69, 9.17) is 4.74 Å². The van der Waals surface area contributed by atoms with Gasteiger partial charge in [0.25, 0.3) is 5.56 Å². The number of hydrogen-bond donors (Lipinski definition) is 2. The second-order valence-corrected chi connectivity index (χ2v) is 8.31. The average molecular weight is 362 g/mol. The molecular weight excluding hydrogens is 335 g/mol. The summed E-state index contributed by atoms with van der Waals surface area (Å²) in [6, 6.07) is 1.52. The van der Waals surface area contributed by atoms with E-state index in [1.165, 1.54) is 12.5 Å². The van der Waals surface area contributed by atoms with E-state index in [1.54, 1.807) is 9.47 Å². The highest BCUT2D eigenvalue weighted by molar-refractivity contribution is 6.58. The molecule has 1 aliphatic heterocycles. The van der Waals surface area contributed by atoms with Gasteiger partial charge in [0.1, 0.15) is 5.60 Å². The fourth-order valence-electron chi connectivity index (χ4n) is 3.54. The number of rotatable bonds is 3. The molecule has 1 saturated carbocycles. The molecule has 0 saturated heterocycles. The van der Waals surface area contributed by atoms with Gasteiger partial charge in [0.2, 0.25) is 0 Å². The lowest BCUT2D eigenvalue weighted by molar-refractivity contribution is 0.0221. The molecule has 0 radical (unpaired) electrons. The lowest BCUT2D eigenvalue weighted by Gasteiger charge is -2.34. The fourth-order valence-corrected chi connectivity index (χ4v) is 3.54. The molecule has 0 unspecified atom stereocenters. The number of ether oxygens (including phenoxy) is 1. The van der Waals surface area contributed by atoms with Crippen LogP contribution in [-0.2, 0) is 24.2 Å². The summed E-state index contributed by atoms with van der Waals surface area (Å²) in [6.07, 6.45) is 3.52. The lowest BCUT2D eigenvalue weighted by atomic mass is 9.79. The first-order chi connectivity index (χ1) is 12.2. The number of aromatic nitrogens is 1. The minimum absolute atomic E-state index is 0.0332. The number of fused-ring (bicyclic) bond motifs is 1. The molecule has 3 rings (SSSR count). The van der Waals surface area contributed by atoms with E-state index >= 15 is 0 Å². The second kappa shape index (κ2) is 7.08. The molecule has 1 aliphatic carbocycles. The number of carbonyl (C=O) groups is 1. The summed E-state index contributed by atoms with van der Waals surface area (Å²) in [5.74, 6) is 0.465. The highest BCUT2D eigenvalue weighted by Gasteiger charge is 2.31. The molecule has 1 aromatic rings. The van der Waals surface area contributed by atoms with Crippen molar-refractivity contribution in [3.05, 3.63) is 27.7 Å². The Kier molecular flexibility index (Phi) is 5.17. The minimum atomic E-state index is -1.82. The van der Waals surface area contributed by atoms with Gasteiger partial charge in [-0.25, -0.2) is 4.79 Å². The highest BCUT2D eigenvalue weighted by atomic mass is 16.6. The van der Waals surface area contributed by atoms with Crippen molar-refractivity contribution < 1.29 is 19.6 Å². The Labute approximate surface area is 153 Å². The zero-order valence-electron chi connectivity index (χ0n) is 15.7. The standard InChI is InChI=1S/C18H27BN2O5/c1-18(2,3)26-17(23)20-8-7-15-13(11-20)9-14(19(24)25)16(22)21(15)10-12-5-4-6-12/h9,12,24-25H,4-8,10-11H2,1-3H3. The molecule has 2 N–H and O–H groups in total. The van der Waals surface area contributed by atoms with Crippen molar-refractivity contribution in [3.8, 4) is 0 Å². The van der Waals surface area contributed by atoms with Crippen molar-refractivity contribution in [2.45, 2.75) is 65.1 Å². The first kappa shape index (κ1) is 19.0. The maximum absolute atomic E-state index is 12.7. The zero-order chi connectivity index (χ0) is 19.1. The highest BCUT2D eigenvalue weighted by Crippen LogP contribution is 2.29. The van der Waals surface area contributed by atoms with Crippen LogP contribution in [0, 0.1) is 5.92 Å². The van der Waals surface area contributed by atoms with E-state index in [1.807, 2.05) is 20.8 Å². The van der Waals surface area contributed by atoms with Crippen molar-refractivity contribution in [2.24, 2.45) is 5.92 Å². The molecule has 0 atom stereocenters. The minimum Gasteiger partial charge on any atom is -0.444 e. The Morgan fingerprint density at radius 3 is 2.58 bits per heavy atom. The second-order valence-electron chi connectivity index (χ2n) is 8.31. The Bertz CT molecular complexity index is 749. The SMILES string of the molecule is CC(C)(C)OC(=O)N1CCc2c(cc(B(O)O)c(=O)n2CC2CCC2)C1. The topological polar surface area (TPSA) is 92.0 Å². The van der Waals surface area contributed by atoms with Crippen molar-refractivity contribution >= 4 is 18.7 Å². The molecule has 0 spiro atoms. The maximum Gasteiger partial charge on any atom is 0.494 e. The van der Waals surface area contributed by atoms with Crippen LogP contribution < -0.4 is 11.0 Å². The average Bonchev–Trinajstić information content (AvgIpc) is 2.49. The normalized spacial score (nSPS) is 17.5. The van der Waals surface area contributed by atoms with Gasteiger partial charge in [-0.1, -0.05) is 12.5 Å². The molecule has 1 amide bonds. The van der Waals surface area contributed by atoms with Gasteiger partial charge in [-0.3, -0.25) is 4.79 Å². The summed E-state index contributed by atoms with van der Waals surface area (Å²) in [4.78, 5) is 26.7. The van der Waals surface area contributed by atoms with Crippen LogP contribution >= 0.6 is 0 Å². The van der Waals surface area contributed by atoms with Gasteiger partial charge in [0, 0.05) is 30.7 Å². The van der Waals surface area contributed by atoms with Crippen LogP contribution in [0.15, 0.2) is 10.9 Å². The van der Waals surface area contributed by atoms with E-state index in [9.17, 15) is 19.6 Å². The summed E-state index contributed by atoms with van der Waals surface area (Å²) in [5, 5.41) is 19.2. The Balaban J connectivity index is 1.91. The first-order valence-corrected chi connectivity index (χ1v) is 9.25. The van der Waals surface area contributed by atoms with E-state index in [2.05, 4.69) is 0 Å². The Morgan fingerprint density at radius 2 is 2.04 bits per heavy atom. The van der Waals surface area contributed by atoms with Gasteiger partial charge in [-0.15, -0.1) is 0 Å². The molecular formula is C18H27BN2O5. The third-order valence-electron chi connectivity index (χ3n) is 5.09. The lowest BCUT2D eigenvalue weighted by Crippen LogP contribution is -2.50. The predicted molar refractivity (Wildman–Crippen MR) is 98.2 cm³/mol. The summed E-state index contributed by atoms with van der Waals surface area (Å²) >= 11 is 0. The number of hydrogen-bond acceptors (Lipinski definition) is 5. The molecule has 0 aromatic carbocycles. The van der Waals surface area contributed by atoms with E-state index in [-0.39, 0.29) is 11.0 Å². The summed E-state index contributed by atoms with van der Waals surface area (Å²) in [7, 11) is -1.82. The number of nitrogens with zero attached hydrogens (tertiary/aromatic N) is 2. The zero-order valence-corrected chi connectivity index (χ0v) is 15.7. The van der Waals surface area contributed by atoms with Crippen LogP contribution in [0.25, 0.3) is 0 Å². The van der Waals surface area contributed by atoms with Crippen molar-refractivity contribution in [3.63, 3.8) is 0 Å². The van der Waals surface area contributed by atoms with E-state index < -0.39 is 18.8 Å². The predicted octanol–water partition coefficient (Wildman–Crippen LogP) is 0.621. The fraction of sp³-hybridized carbons (Fsp3) is 0.667.